The molecule has 0 unspecified atom stereocenters. The highest BCUT2D eigenvalue weighted by Gasteiger charge is 2.44. The van der Waals surface area contributed by atoms with Gasteiger partial charge in [0.2, 0.25) is 9.84 Å². The number of thioether (sulfide) groups is 1. The summed E-state index contributed by atoms with van der Waals surface area (Å²) < 4.78 is 25.7. The molecule has 5 nitrogen and oxygen atoms in total. The second kappa shape index (κ2) is 9.01. The maximum absolute atomic E-state index is 12.8. The van der Waals surface area contributed by atoms with Gasteiger partial charge in [-0.2, -0.15) is 0 Å². The maximum Gasteiger partial charge on any atom is 0.326 e. The summed E-state index contributed by atoms with van der Waals surface area (Å²) in [6.07, 6.45) is 1.15. The van der Waals surface area contributed by atoms with Gasteiger partial charge in [-0.25, -0.2) is 8.42 Å². The van der Waals surface area contributed by atoms with Crippen molar-refractivity contribution in [2.24, 2.45) is 0 Å². The third kappa shape index (κ3) is 5.06. The molecular weight excluding hydrogens is 358 g/mol. The zero-order valence-corrected chi connectivity index (χ0v) is 15.6. The highest BCUT2D eigenvalue weighted by atomic mass is 32.2. The molecule has 0 N–H and O–H groups in total. The first kappa shape index (κ1) is 19.5. The minimum Gasteiger partial charge on any atom is -0.263 e. The Bertz CT molecular complexity index is 779. The Labute approximate surface area is 152 Å². The van der Waals surface area contributed by atoms with Crippen LogP contribution in [0.15, 0.2) is 65.6 Å². The zero-order chi connectivity index (χ0) is 18.3. The van der Waals surface area contributed by atoms with E-state index in [4.69, 9.17) is 0 Å². The minimum absolute atomic E-state index is 0.00175. The van der Waals surface area contributed by atoms with E-state index in [1.807, 2.05) is 37.3 Å². The Morgan fingerprint density at radius 1 is 1.04 bits per heavy atom. The lowest BCUT2D eigenvalue weighted by atomic mass is 10.2. The molecule has 0 saturated heterocycles. The van der Waals surface area contributed by atoms with Crippen LogP contribution in [0.3, 0.4) is 0 Å². The molecule has 0 spiro atoms. The van der Waals surface area contributed by atoms with Crippen molar-refractivity contribution in [3.63, 3.8) is 0 Å². The van der Waals surface area contributed by atoms with Gasteiger partial charge in [0.25, 0.3) is 0 Å². The van der Waals surface area contributed by atoms with Crippen LogP contribution in [0.25, 0.3) is 0 Å². The minimum atomic E-state index is -4.05. The Hall–Kier alpha value is -1.86. The average molecular weight is 380 g/mol. The van der Waals surface area contributed by atoms with E-state index in [0.717, 1.165) is 5.56 Å². The summed E-state index contributed by atoms with van der Waals surface area (Å²) in [7, 11) is -4.05. The third-order valence-electron chi connectivity index (χ3n) is 3.80. The normalized spacial score (nSPS) is 14.0. The molecule has 2 atom stereocenters. The summed E-state index contributed by atoms with van der Waals surface area (Å²) in [5.41, 5.74) is 1.02. The quantitative estimate of drug-likeness (QED) is 0.483. The molecular formula is C18H21NO4S2. The van der Waals surface area contributed by atoms with Crippen molar-refractivity contribution in [2.45, 2.75) is 41.0 Å². The first-order chi connectivity index (χ1) is 12.0. The molecule has 2 rings (SSSR count). The van der Waals surface area contributed by atoms with Crippen LogP contribution in [0.5, 0.6) is 0 Å². The molecule has 25 heavy (non-hydrogen) atoms. The van der Waals surface area contributed by atoms with E-state index < -0.39 is 25.4 Å². The number of nitro groups is 1. The summed E-state index contributed by atoms with van der Waals surface area (Å²) >= 11 is 1.34. The van der Waals surface area contributed by atoms with Crippen molar-refractivity contribution < 1.29 is 13.3 Å². The summed E-state index contributed by atoms with van der Waals surface area (Å²) in [5, 5.41) is 9.40. The highest BCUT2D eigenvalue weighted by Crippen LogP contribution is 2.31. The Kier molecular flexibility index (Phi) is 7.01. The van der Waals surface area contributed by atoms with E-state index in [0.29, 0.717) is 18.6 Å². The summed E-state index contributed by atoms with van der Waals surface area (Å²) in [4.78, 5) is 11.0. The van der Waals surface area contributed by atoms with Crippen LogP contribution >= 0.6 is 11.8 Å². The van der Waals surface area contributed by atoms with E-state index in [9.17, 15) is 18.5 Å². The van der Waals surface area contributed by atoms with Gasteiger partial charge in [-0.15, -0.1) is 11.8 Å². The topological polar surface area (TPSA) is 77.3 Å². The fourth-order valence-corrected chi connectivity index (χ4v) is 6.09. The fourth-order valence-electron chi connectivity index (χ4n) is 2.57. The van der Waals surface area contributed by atoms with E-state index in [2.05, 4.69) is 0 Å². The molecule has 0 bridgehead atoms. The number of hydrogen-bond acceptors (Lipinski definition) is 5. The number of rotatable bonds is 9. The van der Waals surface area contributed by atoms with Crippen molar-refractivity contribution >= 4 is 21.6 Å². The lowest BCUT2D eigenvalue weighted by molar-refractivity contribution is -0.496. The second-order valence-electron chi connectivity index (χ2n) is 5.66. The molecule has 0 aliphatic rings. The van der Waals surface area contributed by atoms with Crippen molar-refractivity contribution in [3.05, 3.63) is 76.3 Å². The van der Waals surface area contributed by atoms with E-state index in [1.54, 1.807) is 18.2 Å². The van der Waals surface area contributed by atoms with Crippen molar-refractivity contribution in [1.29, 1.82) is 0 Å². The van der Waals surface area contributed by atoms with Crippen LogP contribution in [0.1, 0.15) is 25.3 Å². The molecule has 7 heteroatoms. The van der Waals surface area contributed by atoms with Crippen LogP contribution in [0.2, 0.25) is 0 Å². The van der Waals surface area contributed by atoms with E-state index in [-0.39, 0.29) is 4.90 Å². The second-order valence-corrected chi connectivity index (χ2v) is 8.93. The molecule has 134 valence electrons. The van der Waals surface area contributed by atoms with Gasteiger partial charge in [-0.05, 0) is 24.1 Å². The number of hydrogen-bond donors (Lipinski definition) is 0. The SMILES string of the molecule is CCC[C@H](SCc1ccccc1)[C@H]([N+](=O)[O-])S(=O)(=O)c1ccccc1. The van der Waals surface area contributed by atoms with Gasteiger partial charge in [-0.1, -0.05) is 61.9 Å². The molecule has 2 aromatic rings. The lowest BCUT2D eigenvalue weighted by Gasteiger charge is -2.20. The van der Waals surface area contributed by atoms with Gasteiger partial charge in [-0.3, -0.25) is 10.1 Å². The predicted octanol–water partition coefficient (Wildman–Crippen LogP) is 4.17. The zero-order valence-electron chi connectivity index (χ0n) is 13.9. The molecule has 0 aliphatic carbocycles. The first-order valence-electron chi connectivity index (χ1n) is 8.04. The van der Waals surface area contributed by atoms with Crippen molar-refractivity contribution in [1.82, 2.24) is 0 Å². The largest absolute Gasteiger partial charge is 0.326 e. The molecule has 0 amide bonds. The Balaban J connectivity index is 2.29. The van der Waals surface area contributed by atoms with Gasteiger partial charge in [0.1, 0.15) is 0 Å². The van der Waals surface area contributed by atoms with Gasteiger partial charge in [0.15, 0.2) is 0 Å². The third-order valence-corrected chi connectivity index (χ3v) is 7.46. The molecule has 0 heterocycles. The summed E-state index contributed by atoms with van der Waals surface area (Å²) in [6, 6.07) is 17.2. The lowest BCUT2D eigenvalue weighted by Crippen LogP contribution is -2.39. The molecule has 0 fully saturated rings. The van der Waals surface area contributed by atoms with Crippen LogP contribution in [-0.2, 0) is 15.6 Å². The van der Waals surface area contributed by atoms with Crippen LogP contribution < -0.4 is 0 Å². The summed E-state index contributed by atoms with van der Waals surface area (Å²) in [6.45, 7) is 1.90. The standard InChI is InChI=1S/C18H21NO4S2/c1-2-9-17(24-14-15-10-5-3-6-11-15)18(19(20)21)25(22,23)16-12-7-4-8-13-16/h3-8,10-13,17-18H,2,9,14H2,1H3/t17-,18+/m0/s1. The van der Waals surface area contributed by atoms with Gasteiger partial charge in [0.05, 0.1) is 10.1 Å². The Morgan fingerprint density at radius 2 is 1.60 bits per heavy atom. The average Bonchev–Trinajstić information content (AvgIpc) is 2.61. The monoisotopic (exact) mass is 379 g/mol. The van der Waals surface area contributed by atoms with Crippen LogP contribution in [0.4, 0.5) is 0 Å². The molecule has 2 aromatic carbocycles. The molecule has 0 saturated carbocycles. The van der Waals surface area contributed by atoms with Crippen LogP contribution in [0, 0.1) is 10.1 Å². The number of sulfone groups is 1. The van der Waals surface area contributed by atoms with Crippen LogP contribution in [-0.4, -0.2) is 24.0 Å². The highest BCUT2D eigenvalue weighted by molar-refractivity contribution is 8.00. The smallest absolute Gasteiger partial charge is 0.263 e. The summed E-state index contributed by atoms with van der Waals surface area (Å²) in [5.74, 6) is 0.542. The molecule has 0 aromatic heterocycles. The molecule has 0 radical (unpaired) electrons. The van der Waals surface area contributed by atoms with E-state index >= 15 is 0 Å². The fraction of sp³-hybridized carbons (Fsp3) is 0.333. The first-order valence-corrected chi connectivity index (χ1v) is 10.6. The maximum atomic E-state index is 12.8. The van der Waals surface area contributed by atoms with Gasteiger partial charge in [0, 0.05) is 10.7 Å². The Morgan fingerprint density at radius 3 is 2.12 bits per heavy atom. The number of benzene rings is 2. The van der Waals surface area contributed by atoms with Crippen molar-refractivity contribution in [2.75, 3.05) is 0 Å². The predicted molar refractivity (Wildman–Crippen MR) is 101 cm³/mol. The van der Waals surface area contributed by atoms with E-state index in [1.165, 1.54) is 23.9 Å². The molecule has 0 aliphatic heterocycles. The van der Waals surface area contributed by atoms with Gasteiger partial charge < -0.3 is 0 Å². The van der Waals surface area contributed by atoms with Crippen molar-refractivity contribution in [3.8, 4) is 0 Å². The van der Waals surface area contributed by atoms with Gasteiger partial charge >= 0.3 is 5.37 Å². The number of nitrogens with zero attached hydrogens (tertiary/aromatic N) is 1.